The average molecular weight is 1270 g/mol. The van der Waals surface area contributed by atoms with Gasteiger partial charge in [-0.25, -0.2) is 0 Å². The van der Waals surface area contributed by atoms with Crippen molar-refractivity contribution < 1.29 is 82.1 Å². The molecule has 4 aliphatic heterocycles. The van der Waals surface area contributed by atoms with Crippen molar-refractivity contribution in [3.8, 4) is 17.2 Å². The van der Waals surface area contributed by atoms with Crippen LogP contribution in [0.2, 0.25) is 0 Å². The van der Waals surface area contributed by atoms with Crippen LogP contribution < -0.4 is 20.7 Å². The van der Waals surface area contributed by atoms with Gasteiger partial charge < -0.3 is 64.6 Å². The summed E-state index contributed by atoms with van der Waals surface area (Å²) >= 11 is 2.24. The number of aromatic hydroxyl groups is 2. The predicted octanol–water partition coefficient (Wildman–Crippen LogP) is 4.18. The Morgan fingerprint density at radius 3 is 2.35 bits per heavy atom. The van der Waals surface area contributed by atoms with Gasteiger partial charge in [-0.1, -0.05) is 68.7 Å². The topological polar surface area (TPSA) is 298 Å². The third-order valence-electron chi connectivity index (χ3n) is 17.5. The molecule has 4 fully saturated rings. The first-order chi connectivity index (χ1) is 39.4. The van der Waals surface area contributed by atoms with E-state index >= 15 is 0 Å². The molecule has 8 rings (SSSR count). The van der Waals surface area contributed by atoms with Crippen molar-refractivity contribution in [2.24, 2.45) is 5.92 Å². The van der Waals surface area contributed by atoms with E-state index in [1.807, 2.05) is 27.7 Å². The number of hydrogen-bond acceptors (Lipinski definition) is 18. The summed E-state index contributed by atoms with van der Waals surface area (Å²) in [5.74, 6) is -6.64. The van der Waals surface area contributed by atoms with E-state index in [0.29, 0.717) is 13.2 Å². The molecule has 0 saturated carbocycles. The standard InChI is InChI=1S/C59H81IN6O17/c1-11-14-19-58(7,60)36-25-40(68)66(54(36)75)21-18-39(67)62-30(5)53(74)63-29(4)52(73)61-20-22-64(8)57(76)59(77)27-35-42(38(28-59)82-41-26-37-50(31(6)81-41)83-55-56(79-10)80-24-23-65(37)55)48(71)45-44(47(35)70)46(69)34-17-16-33(32(13-3)15-12-2)51(78-9)43(34)49(45)72/h16-17,29-32,36-38,41,50,55-56,70-71,77H,11-15,18-28H2,1-10H3,(H,61,73)(H,62,67)(H,63,74)/t29-,30-,31-,32?,36?,37-,38-,41-,50+,55+,56-,58?,59-/m0/s1. The van der Waals surface area contributed by atoms with Gasteiger partial charge in [0.1, 0.15) is 41.0 Å². The van der Waals surface area contributed by atoms with Crippen molar-refractivity contribution in [3.05, 3.63) is 51.1 Å². The smallest absolute Gasteiger partial charge is 0.254 e. The number of hydrogen-bond donors (Lipinski definition) is 6. The highest BCUT2D eigenvalue weighted by Gasteiger charge is 2.56. The molecule has 3 unspecified atom stereocenters. The number of likely N-dealkylation sites (tertiary alicyclic amines) is 1. The van der Waals surface area contributed by atoms with Crippen LogP contribution in [0.3, 0.4) is 0 Å². The normalized spacial score (nSPS) is 27.5. The number of alkyl halides is 1. The molecule has 0 radical (unpaired) electrons. The number of methoxy groups -OCH3 is 2. The van der Waals surface area contributed by atoms with E-state index in [4.69, 9.17) is 28.4 Å². The van der Waals surface area contributed by atoms with Crippen LogP contribution in [0.1, 0.15) is 173 Å². The minimum Gasteiger partial charge on any atom is -0.507 e. The number of carbonyl (C=O) groups excluding carboxylic acids is 8. The number of halogens is 1. The Morgan fingerprint density at radius 1 is 0.964 bits per heavy atom. The van der Waals surface area contributed by atoms with E-state index in [0.717, 1.165) is 53.9 Å². The Hall–Kier alpha value is -5.35. The number of nitrogens with zero attached hydrogens (tertiary/aromatic N) is 3. The summed E-state index contributed by atoms with van der Waals surface area (Å²) in [7, 11) is 4.33. The van der Waals surface area contributed by atoms with Crippen molar-refractivity contribution in [2.45, 2.75) is 189 Å². The SMILES string of the molecule is CCCCC(C)(I)C1CC(=O)N(CCC(=O)N[C@@H](C)C(=O)N[C@@H](C)C(=O)NCCN(C)C(=O)[C@]2(O)Cc3c(O)c4c(c(O)c3[C@@H](O[C@H]3C[C@H]5[C@H](O[C@@H]6[C@@H](OC)OCCN65)[C@H](C)O3)C2)C(=O)c2c(ccc(C(CC)CCC)c2OC)C4=O)C1=O. The zero-order valence-electron chi connectivity index (χ0n) is 49.1. The molecule has 24 heteroatoms. The summed E-state index contributed by atoms with van der Waals surface area (Å²) in [6.07, 6.45) is -0.747. The van der Waals surface area contributed by atoms with Gasteiger partial charge in [0, 0.05) is 98.6 Å². The van der Waals surface area contributed by atoms with Crippen molar-refractivity contribution in [3.63, 3.8) is 0 Å². The zero-order valence-corrected chi connectivity index (χ0v) is 51.3. The molecule has 2 aromatic rings. The number of morpholine rings is 1. The number of carbonyl (C=O) groups is 8. The summed E-state index contributed by atoms with van der Waals surface area (Å²) in [5.41, 5.74) is -3.03. The second-order valence-corrected chi connectivity index (χ2v) is 25.6. The molecule has 83 heavy (non-hydrogen) atoms. The summed E-state index contributed by atoms with van der Waals surface area (Å²) < 4.78 is 36.4. The molecule has 23 nitrogen and oxygen atoms in total. The van der Waals surface area contributed by atoms with Gasteiger partial charge in [-0.15, -0.1) is 0 Å². The minimum atomic E-state index is -2.38. The number of unbranched alkanes of at least 4 members (excludes halogenated alkanes) is 1. The maximum absolute atomic E-state index is 14.9. The molecule has 0 bridgehead atoms. The number of likely N-dealkylation sites (N-methyl/N-ethyl adjacent to an activating group) is 1. The maximum atomic E-state index is 14.9. The van der Waals surface area contributed by atoms with Crippen LogP contribution in [-0.2, 0) is 58.9 Å². The van der Waals surface area contributed by atoms with Gasteiger partial charge in [-0.2, -0.15) is 0 Å². The Balaban J connectivity index is 0.961. The van der Waals surface area contributed by atoms with E-state index in [-0.39, 0.29) is 90.7 Å². The van der Waals surface area contributed by atoms with E-state index < -0.39 is 135 Å². The lowest BCUT2D eigenvalue weighted by molar-refractivity contribution is -0.256. The monoisotopic (exact) mass is 1270 g/mol. The molecule has 6 N–H and O–H groups in total. The number of ether oxygens (including phenoxy) is 6. The highest BCUT2D eigenvalue weighted by Crippen LogP contribution is 2.54. The number of fused-ring (bicyclic) bond motifs is 6. The molecule has 456 valence electrons. The Morgan fingerprint density at radius 2 is 1.67 bits per heavy atom. The molecule has 0 aromatic heterocycles. The number of amides is 6. The van der Waals surface area contributed by atoms with Crippen LogP contribution in [0.5, 0.6) is 17.2 Å². The van der Waals surface area contributed by atoms with Gasteiger partial charge in [-0.05, 0) is 64.5 Å². The predicted molar refractivity (Wildman–Crippen MR) is 307 cm³/mol. The summed E-state index contributed by atoms with van der Waals surface area (Å²) in [6.45, 7) is 13.2. The highest BCUT2D eigenvalue weighted by molar-refractivity contribution is 14.1. The number of phenols is 2. The first-order valence-corrected chi connectivity index (χ1v) is 30.1. The number of nitrogens with one attached hydrogen (secondary N) is 3. The van der Waals surface area contributed by atoms with Crippen LogP contribution in [0, 0.1) is 5.92 Å². The van der Waals surface area contributed by atoms with Crippen LogP contribution in [0.4, 0.5) is 0 Å². The van der Waals surface area contributed by atoms with Gasteiger partial charge in [0.05, 0.1) is 48.5 Å². The van der Waals surface area contributed by atoms with E-state index in [2.05, 4.69) is 50.4 Å². The molecule has 13 atom stereocenters. The van der Waals surface area contributed by atoms with Crippen LogP contribution in [-0.4, -0.2) is 189 Å². The van der Waals surface area contributed by atoms with Gasteiger partial charge >= 0.3 is 0 Å². The molecule has 0 spiro atoms. The van der Waals surface area contributed by atoms with Crippen molar-refractivity contribution in [2.75, 3.05) is 54.1 Å². The van der Waals surface area contributed by atoms with Crippen molar-refractivity contribution >= 4 is 69.6 Å². The molecule has 4 heterocycles. The van der Waals surface area contributed by atoms with Gasteiger partial charge in [-0.3, -0.25) is 48.2 Å². The van der Waals surface area contributed by atoms with E-state index in [1.165, 1.54) is 41.2 Å². The van der Waals surface area contributed by atoms with Gasteiger partial charge in [0.15, 0.2) is 24.6 Å². The maximum Gasteiger partial charge on any atom is 0.254 e. The number of rotatable bonds is 23. The summed E-state index contributed by atoms with van der Waals surface area (Å²) in [5, 5.41) is 45.2. The number of phenolic OH excluding ortho intramolecular Hbond substituents is 2. The van der Waals surface area contributed by atoms with Crippen LogP contribution in [0.25, 0.3) is 0 Å². The van der Waals surface area contributed by atoms with Gasteiger partial charge in [0.25, 0.3) is 5.91 Å². The van der Waals surface area contributed by atoms with Crippen molar-refractivity contribution in [1.29, 1.82) is 0 Å². The minimum absolute atomic E-state index is 0.00877. The quantitative estimate of drug-likeness (QED) is 0.0336. The molecular formula is C59H81IN6O17. The molecular weight excluding hydrogens is 1190 g/mol. The third kappa shape index (κ3) is 12.5. The van der Waals surface area contributed by atoms with E-state index in [9.17, 15) is 53.7 Å². The van der Waals surface area contributed by atoms with Crippen LogP contribution in [0.15, 0.2) is 12.1 Å². The number of benzene rings is 2. The lowest BCUT2D eigenvalue weighted by Gasteiger charge is -2.44. The fourth-order valence-electron chi connectivity index (χ4n) is 12.9. The van der Waals surface area contributed by atoms with Crippen molar-refractivity contribution in [1.82, 2.24) is 30.7 Å². The molecule has 6 amide bonds. The second kappa shape index (κ2) is 26.1. The summed E-state index contributed by atoms with van der Waals surface area (Å²) in [6, 6.07) is 0.794. The first kappa shape index (κ1) is 63.7. The average Bonchev–Trinajstić information content (AvgIpc) is 3.74. The lowest BCUT2D eigenvalue weighted by atomic mass is 9.72. The molecule has 6 aliphatic rings. The first-order valence-electron chi connectivity index (χ1n) is 29.0. The largest absolute Gasteiger partial charge is 0.507 e. The molecule has 4 saturated heterocycles. The lowest BCUT2D eigenvalue weighted by Crippen LogP contribution is -2.56. The van der Waals surface area contributed by atoms with E-state index in [1.54, 1.807) is 6.07 Å². The Bertz CT molecular complexity index is 2870. The van der Waals surface area contributed by atoms with Gasteiger partial charge in [0.2, 0.25) is 35.3 Å². The number of aliphatic hydroxyl groups is 1. The summed E-state index contributed by atoms with van der Waals surface area (Å²) in [4.78, 5) is 114. The number of ketones is 2. The van der Waals surface area contributed by atoms with Crippen LogP contribution >= 0.6 is 22.6 Å². The zero-order chi connectivity index (χ0) is 60.6. The fourth-order valence-corrected chi connectivity index (χ4v) is 13.8. The number of imide groups is 1. The fraction of sp³-hybridized carbons (Fsp3) is 0.661. The Labute approximate surface area is 497 Å². The Kier molecular flexibility index (Phi) is 20.0. The molecule has 2 aromatic carbocycles. The third-order valence-corrected chi connectivity index (χ3v) is 18.8. The highest BCUT2D eigenvalue weighted by atomic mass is 127. The second-order valence-electron chi connectivity index (χ2n) is 23.1. The molecule has 2 aliphatic carbocycles.